The summed E-state index contributed by atoms with van der Waals surface area (Å²) in [6.45, 7) is -0.220. The summed E-state index contributed by atoms with van der Waals surface area (Å²) in [6.07, 6.45) is 1.15. The average Bonchev–Trinajstić information content (AvgIpc) is 2.67. The standard InChI is InChI=1S/C19H19ClF2N2O3/c20-13-4-3-12(15(21)10-13)11-24-18(26)19(22)6-5-16(27-9-8-25)17-14(19)2-1-7-23-17/h1-4,7,10,16,25H,5-6,8-9,11H2,(H,24,26)/t16-,19-/m0/s1. The summed E-state index contributed by atoms with van der Waals surface area (Å²) in [7, 11) is 0. The first kappa shape index (κ1) is 19.7. The minimum atomic E-state index is -2.29. The van der Waals surface area contributed by atoms with E-state index in [2.05, 4.69) is 10.3 Å². The van der Waals surface area contributed by atoms with E-state index in [1.807, 2.05) is 0 Å². The molecule has 2 atom stereocenters. The second kappa shape index (κ2) is 8.29. The highest BCUT2D eigenvalue weighted by Gasteiger charge is 2.47. The number of nitrogens with zero attached hydrogens (tertiary/aromatic N) is 1. The van der Waals surface area contributed by atoms with Crippen molar-refractivity contribution < 1.29 is 23.4 Å². The highest BCUT2D eigenvalue weighted by atomic mass is 35.5. The highest BCUT2D eigenvalue weighted by Crippen LogP contribution is 2.43. The Morgan fingerprint density at radius 2 is 2.26 bits per heavy atom. The third-order valence-corrected chi connectivity index (χ3v) is 4.78. The minimum absolute atomic E-state index is 0.0992. The smallest absolute Gasteiger partial charge is 0.262 e. The monoisotopic (exact) mass is 396 g/mol. The van der Waals surface area contributed by atoms with Gasteiger partial charge in [0, 0.05) is 28.9 Å². The van der Waals surface area contributed by atoms with Crippen LogP contribution in [-0.4, -0.2) is 29.2 Å². The van der Waals surface area contributed by atoms with Crippen LogP contribution in [-0.2, 0) is 21.7 Å². The predicted molar refractivity (Wildman–Crippen MR) is 95.3 cm³/mol. The number of nitrogens with one attached hydrogen (secondary N) is 1. The number of alkyl halides is 1. The second-order valence-electron chi connectivity index (χ2n) is 6.28. The molecule has 0 aliphatic heterocycles. The lowest BCUT2D eigenvalue weighted by Gasteiger charge is -2.34. The van der Waals surface area contributed by atoms with E-state index in [9.17, 15) is 9.18 Å². The van der Waals surface area contributed by atoms with Crippen LogP contribution < -0.4 is 5.32 Å². The van der Waals surface area contributed by atoms with Crippen molar-refractivity contribution in [3.05, 3.63) is 64.2 Å². The molecule has 3 rings (SSSR count). The molecule has 0 bridgehead atoms. The van der Waals surface area contributed by atoms with Gasteiger partial charge in [0.25, 0.3) is 5.91 Å². The van der Waals surface area contributed by atoms with E-state index >= 15 is 4.39 Å². The number of halogens is 3. The maximum atomic E-state index is 15.6. The molecule has 0 spiro atoms. The van der Waals surface area contributed by atoms with Gasteiger partial charge in [-0.05, 0) is 31.0 Å². The van der Waals surface area contributed by atoms with Crippen LogP contribution in [0.5, 0.6) is 0 Å². The molecule has 144 valence electrons. The van der Waals surface area contributed by atoms with Gasteiger partial charge < -0.3 is 15.2 Å². The molecule has 2 aromatic rings. The number of hydrogen-bond donors (Lipinski definition) is 2. The topological polar surface area (TPSA) is 71.5 Å². The first-order valence-electron chi connectivity index (χ1n) is 8.54. The summed E-state index contributed by atoms with van der Waals surface area (Å²) in [6, 6.07) is 7.13. The van der Waals surface area contributed by atoms with Gasteiger partial charge in [-0.3, -0.25) is 9.78 Å². The normalized spacial score (nSPS) is 21.6. The van der Waals surface area contributed by atoms with Crippen LogP contribution in [0.4, 0.5) is 8.78 Å². The molecule has 0 saturated carbocycles. The molecule has 1 heterocycles. The van der Waals surface area contributed by atoms with Crippen LogP contribution in [0.1, 0.15) is 35.8 Å². The Morgan fingerprint density at radius 3 is 3.00 bits per heavy atom. The number of pyridine rings is 1. The van der Waals surface area contributed by atoms with Crippen molar-refractivity contribution in [3.63, 3.8) is 0 Å². The Labute approximate surface area is 160 Å². The van der Waals surface area contributed by atoms with E-state index in [-0.39, 0.29) is 48.7 Å². The van der Waals surface area contributed by atoms with Gasteiger partial charge in [-0.2, -0.15) is 0 Å². The van der Waals surface area contributed by atoms with Crippen molar-refractivity contribution in [2.24, 2.45) is 0 Å². The van der Waals surface area contributed by atoms with E-state index in [0.29, 0.717) is 5.69 Å². The molecule has 8 heteroatoms. The maximum Gasteiger partial charge on any atom is 0.262 e. The van der Waals surface area contributed by atoms with E-state index in [1.165, 1.54) is 24.4 Å². The molecular weight excluding hydrogens is 378 g/mol. The molecule has 1 aromatic carbocycles. The van der Waals surface area contributed by atoms with Gasteiger partial charge >= 0.3 is 0 Å². The number of aliphatic hydroxyl groups excluding tert-OH is 1. The van der Waals surface area contributed by atoms with Gasteiger partial charge in [0.1, 0.15) is 11.9 Å². The number of carbonyl (C=O) groups excluding carboxylic acids is 1. The fraction of sp³-hybridized carbons (Fsp3) is 0.368. The number of aliphatic hydroxyl groups is 1. The second-order valence-corrected chi connectivity index (χ2v) is 6.71. The molecule has 0 radical (unpaired) electrons. The van der Waals surface area contributed by atoms with E-state index in [1.54, 1.807) is 6.07 Å². The highest BCUT2D eigenvalue weighted by molar-refractivity contribution is 6.30. The SMILES string of the molecule is O=C(NCc1ccc(Cl)cc1F)[C@]1(F)CC[C@H](OCCO)c2ncccc21. The number of amides is 1. The van der Waals surface area contributed by atoms with Gasteiger partial charge in [0.05, 0.1) is 18.9 Å². The Kier molecular flexibility index (Phi) is 6.04. The van der Waals surface area contributed by atoms with Gasteiger partial charge in [-0.1, -0.05) is 23.7 Å². The summed E-state index contributed by atoms with van der Waals surface area (Å²) in [4.78, 5) is 16.8. The van der Waals surface area contributed by atoms with Crippen LogP contribution in [0.25, 0.3) is 0 Å². The van der Waals surface area contributed by atoms with Gasteiger partial charge in [-0.25, -0.2) is 8.78 Å². The Balaban J connectivity index is 1.79. The molecule has 1 amide bonds. The lowest BCUT2D eigenvalue weighted by atomic mass is 9.80. The number of fused-ring (bicyclic) bond motifs is 1. The van der Waals surface area contributed by atoms with Gasteiger partial charge in [-0.15, -0.1) is 0 Å². The lowest BCUT2D eigenvalue weighted by Crippen LogP contribution is -2.44. The van der Waals surface area contributed by atoms with E-state index in [4.69, 9.17) is 21.4 Å². The van der Waals surface area contributed by atoms with Crippen LogP contribution in [0.15, 0.2) is 36.5 Å². The molecule has 27 heavy (non-hydrogen) atoms. The molecule has 2 N–H and O–H groups in total. The Bertz CT molecular complexity index is 836. The summed E-state index contributed by atoms with van der Waals surface area (Å²) >= 11 is 5.71. The van der Waals surface area contributed by atoms with Crippen molar-refractivity contribution in [1.82, 2.24) is 10.3 Å². The average molecular weight is 397 g/mol. The maximum absolute atomic E-state index is 15.6. The molecule has 1 aliphatic rings. The van der Waals surface area contributed by atoms with Crippen LogP contribution in [0.3, 0.4) is 0 Å². The molecule has 1 aromatic heterocycles. The van der Waals surface area contributed by atoms with Crippen molar-refractivity contribution in [2.75, 3.05) is 13.2 Å². The lowest BCUT2D eigenvalue weighted by molar-refractivity contribution is -0.136. The van der Waals surface area contributed by atoms with Gasteiger partial charge in [0.15, 0.2) is 0 Å². The number of carbonyl (C=O) groups is 1. The zero-order chi connectivity index (χ0) is 19.4. The third-order valence-electron chi connectivity index (χ3n) is 4.55. The van der Waals surface area contributed by atoms with Crippen molar-refractivity contribution in [1.29, 1.82) is 0 Å². The molecular formula is C19H19ClF2N2O3. The summed E-state index contributed by atoms with van der Waals surface area (Å²) in [5, 5.41) is 11.6. The Hall–Kier alpha value is -2.09. The van der Waals surface area contributed by atoms with E-state index in [0.717, 1.165) is 6.07 Å². The number of benzene rings is 1. The molecule has 0 fully saturated rings. The van der Waals surface area contributed by atoms with Crippen LogP contribution >= 0.6 is 11.6 Å². The van der Waals surface area contributed by atoms with Crippen molar-refractivity contribution in [3.8, 4) is 0 Å². The first-order valence-corrected chi connectivity index (χ1v) is 8.92. The molecule has 0 unspecified atom stereocenters. The fourth-order valence-electron chi connectivity index (χ4n) is 3.18. The largest absolute Gasteiger partial charge is 0.394 e. The third kappa shape index (κ3) is 4.10. The quantitative estimate of drug-likeness (QED) is 0.786. The van der Waals surface area contributed by atoms with Crippen LogP contribution in [0.2, 0.25) is 5.02 Å². The van der Waals surface area contributed by atoms with Crippen molar-refractivity contribution >= 4 is 17.5 Å². The molecule has 5 nitrogen and oxygen atoms in total. The van der Waals surface area contributed by atoms with Crippen molar-refractivity contribution in [2.45, 2.75) is 31.2 Å². The zero-order valence-corrected chi connectivity index (χ0v) is 15.2. The molecule has 1 aliphatic carbocycles. The first-order chi connectivity index (χ1) is 13.0. The summed E-state index contributed by atoms with van der Waals surface area (Å²) in [5.74, 6) is -1.43. The molecule has 0 saturated heterocycles. The number of aromatic nitrogens is 1. The summed E-state index contributed by atoms with van der Waals surface area (Å²) in [5.41, 5.74) is -1.60. The predicted octanol–water partition coefficient (Wildman–Crippen LogP) is 3.20. The zero-order valence-electron chi connectivity index (χ0n) is 14.4. The van der Waals surface area contributed by atoms with E-state index < -0.39 is 23.5 Å². The Morgan fingerprint density at radius 1 is 1.44 bits per heavy atom. The number of ether oxygens (including phenoxy) is 1. The summed E-state index contributed by atoms with van der Waals surface area (Å²) < 4.78 is 35.0. The van der Waals surface area contributed by atoms with Crippen LogP contribution in [0, 0.1) is 5.82 Å². The number of rotatable bonds is 6. The number of hydrogen-bond acceptors (Lipinski definition) is 4. The fourth-order valence-corrected chi connectivity index (χ4v) is 3.34. The minimum Gasteiger partial charge on any atom is -0.394 e. The van der Waals surface area contributed by atoms with Gasteiger partial charge in [0.2, 0.25) is 5.67 Å².